The van der Waals surface area contributed by atoms with Gasteiger partial charge < -0.3 is 10.6 Å². The van der Waals surface area contributed by atoms with E-state index in [4.69, 9.17) is 5.73 Å². The highest BCUT2D eigenvalue weighted by atomic mass is 15.3. The van der Waals surface area contributed by atoms with Gasteiger partial charge in [0, 0.05) is 25.2 Å². The fourth-order valence-electron chi connectivity index (χ4n) is 3.28. The summed E-state index contributed by atoms with van der Waals surface area (Å²) in [5, 5.41) is 8.71. The lowest BCUT2D eigenvalue weighted by Crippen LogP contribution is -2.37. The molecule has 1 heterocycles. The minimum absolute atomic E-state index is 0.534. The van der Waals surface area contributed by atoms with Crippen LogP contribution in [-0.4, -0.2) is 23.3 Å². The van der Waals surface area contributed by atoms with Crippen LogP contribution in [0.1, 0.15) is 55.8 Å². The first kappa shape index (κ1) is 15.2. The maximum absolute atomic E-state index is 5.94. The van der Waals surface area contributed by atoms with E-state index in [-0.39, 0.29) is 0 Å². The highest BCUT2D eigenvalue weighted by Crippen LogP contribution is 2.32. The van der Waals surface area contributed by atoms with Gasteiger partial charge in [-0.1, -0.05) is 13.3 Å². The third kappa shape index (κ3) is 2.95. The predicted octanol–water partition coefficient (Wildman–Crippen LogP) is 2.96. The van der Waals surface area contributed by atoms with Gasteiger partial charge in [0.05, 0.1) is 5.69 Å². The fourth-order valence-corrected chi connectivity index (χ4v) is 3.28. The summed E-state index contributed by atoms with van der Waals surface area (Å²) in [5.74, 6) is 1.90. The summed E-state index contributed by atoms with van der Waals surface area (Å²) in [6.45, 7) is 6.93. The molecule has 0 aromatic carbocycles. The number of nitrogens with two attached hydrogens (primary N) is 1. The van der Waals surface area contributed by atoms with Gasteiger partial charge in [0.25, 0.3) is 0 Å². The van der Waals surface area contributed by atoms with Crippen molar-refractivity contribution in [2.24, 2.45) is 11.7 Å². The van der Waals surface area contributed by atoms with Crippen LogP contribution in [0.2, 0.25) is 0 Å². The van der Waals surface area contributed by atoms with E-state index in [2.05, 4.69) is 36.0 Å². The Kier molecular flexibility index (Phi) is 4.97. The van der Waals surface area contributed by atoms with Crippen LogP contribution in [0.4, 0.5) is 5.82 Å². The molecule has 1 aliphatic carbocycles. The van der Waals surface area contributed by atoms with Crippen LogP contribution in [0.3, 0.4) is 0 Å². The van der Waals surface area contributed by atoms with E-state index in [0.29, 0.717) is 12.6 Å². The van der Waals surface area contributed by atoms with E-state index in [1.807, 2.05) is 6.92 Å². The fraction of sp³-hybridized carbons (Fsp3) is 0.750. The lowest BCUT2D eigenvalue weighted by atomic mass is 9.84. The lowest BCUT2D eigenvalue weighted by molar-refractivity contribution is 0.312. The standard InChI is InChI=1S/C16H28N4/c1-5-13-6-8-14(9-7-13)20(4)16-15(10-17)11(2)12(3)18-19-16/h13-14H,5-10,17H2,1-4H3. The van der Waals surface area contributed by atoms with Crippen LogP contribution >= 0.6 is 0 Å². The minimum atomic E-state index is 0.534. The largest absolute Gasteiger partial charge is 0.355 e. The number of anilines is 1. The SMILES string of the molecule is CCC1CCC(N(C)c2nnc(C)c(C)c2CN)CC1. The van der Waals surface area contributed by atoms with Crippen LogP contribution in [0.15, 0.2) is 0 Å². The summed E-state index contributed by atoms with van der Waals surface area (Å²) >= 11 is 0. The van der Waals surface area contributed by atoms with E-state index in [9.17, 15) is 0 Å². The molecule has 1 fully saturated rings. The smallest absolute Gasteiger partial charge is 0.156 e. The van der Waals surface area contributed by atoms with Crippen LogP contribution in [0.5, 0.6) is 0 Å². The first-order valence-electron chi connectivity index (χ1n) is 7.84. The van der Waals surface area contributed by atoms with Gasteiger partial charge in [-0.15, -0.1) is 5.10 Å². The zero-order valence-corrected chi connectivity index (χ0v) is 13.3. The van der Waals surface area contributed by atoms with Crippen LogP contribution in [0, 0.1) is 19.8 Å². The predicted molar refractivity (Wildman–Crippen MR) is 83.8 cm³/mol. The Hall–Kier alpha value is -1.16. The van der Waals surface area contributed by atoms with Gasteiger partial charge in [-0.05, 0) is 51.0 Å². The number of nitrogens with zero attached hydrogens (tertiary/aromatic N) is 3. The highest BCUT2D eigenvalue weighted by molar-refractivity contribution is 5.50. The quantitative estimate of drug-likeness (QED) is 0.918. The first-order chi connectivity index (χ1) is 9.58. The Labute approximate surface area is 122 Å². The molecule has 0 unspecified atom stereocenters. The molecule has 20 heavy (non-hydrogen) atoms. The molecule has 0 spiro atoms. The number of hydrogen-bond acceptors (Lipinski definition) is 4. The maximum Gasteiger partial charge on any atom is 0.156 e. The number of aromatic nitrogens is 2. The van der Waals surface area contributed by atoms with Gasteiger partial charge in [0.2, 0.25) is 0 Å². The zero-order chi connectivity index (χ0) is 14.7. The van der Waals surface area contributed by atoms with Crippen LogP contribution < -0.4 is 10.6 Å². The lowest BCUT2D eigenvalue weighted by Gasteiger charge is -2.36. The Bertz CT molecular complexity index is 450. The molecule has 0 saturated heterocycles. The van der Waals surface area contributed by atoms with E-state index < -0.39 is 0 Å². The Balaban J connectivity index is 2.17. The van der Waals surface area contributed by atoms with Gasteiger partial charge in [-0.2, -0.15) is 5.10 Å². The second-order valence-corrected chi connectivity index (χ2v) is 6.11. The van der Waals surface area contributed by atoms with Crippen molar-refractivity contribution in [2.45, 2.75) is 65.5 Å². The van der Waals surface area contributed by atoms with Crippen molar-refractivity contribution in [1.29, 1.82) is 0 Å². The topological polar surface area (TPSA) is 55.0 Å². The van der Waals surface area contributed by atoms with Crippen molar-refractivity contribution in [2.75, 3.05) is 11.9 Å². The van der Waals surface area contributed by atoms with Crippen molar-refractivity contribution in [1.82, 2.24) is 10.2 Å². The molecule has 0 atom stereocenters. The molecule has 0 amide bonds. The van der Waals surface area contributed by atoms with Gasteiger partial charge >= 0.3 is 0 Å². The Morgan fingerprint density at radius 1 is 1.15 bits per heavy atom. The van der Waals surface area contributed by atoms with Gasteiger partial charge in [-0.25, -0.2) is 0 Å². The normalized spacial score (nSPS) is 22.9. The molecule has 2 N–H and O–H groups in total. The summed E-state index contributed by atoms with van der Waals surface area (Å²) < 4.78 is 0. The van der Waals surface area contributed by atoms with Gasteiger partial charge in [0.15, 0.2) is 5.82 Å². The highest BCUT2D eigenvalue weighted by Gasteiger charge is 2.25. The third-order valence-electron chi connectivity index (χ3n) is 5.04. The van der Waals surface area contributed by atoms with Crippen molar-refractivity contribution >= 4 is 5.82 Å². The van der Waals surface area contributed by atoms with Crippen LogP contribution in [0.25, 0.3) is 0 Å². The summed E-state index contributed by atoms with van der Waals surface area (Å²) in [5.41, 5.74) is 9.26. The Morgan fingerprint density at radius 3 is 2.35 bits per heavy atom. The van der Waals surface area contributed by atoms with Crippen LogP contribution in [-0.2, 0) is 6.54 Å². The van der Waals surface area contributed by atoms with E-state index in [1.165, 1.54) is 37.7 Å². The number of rotatable bonds is 4. The molecule has 1 saturated carbocycles. The molecule has 1 aliphatic rings. The van der Waals surface area contributed by atoms with Gasteiger partial charge in [-0.3, -0.25) is 0 Å². The molecule has 112 valence electrons. The van der Waals surface area contributed by atoms with Crippen molar-refractivity contribution < 1.29 is 0 Å². The van der Waals surface area contributed by atoms with E-state index >= 15 is 0 Å². The van der Waals surface area contributed by atoms with E-state index in [1.54, 1.807) is 0 Å². The molecule has 2 rings (SSSR count). The van der Waals surface area contributed by atoms with Crippen molar-refractivity contribution in [3.63, 3.8) is 0 Å². The first-order valence-corrected chi connectivity index (χ1v) is 7.84. The van der Waals surface area contributed by atoms with Gasteiger partial charge in [0.1, 0.15) is 0 Å². The molecule has 0 radical (unpaired) electrons. The molecule has 4 nitrogen and oxygen atoms in total. The van der Waals surface area contributed by atoms with Crippen molar-refractivity contribution in [3.8, 4) is 0 Å². The molecule has 1 aromatic heterocycles. The molecular formula is C16H28N4. The Morgan fingerprint density at radius 2 is 1.80 bits per heavy atom. The second kappa shape index (κ2) is 6.53. The molecule has 0 bridgehead atoms. The molecule has 1 aromatic rings. The average Bonchev–Trinajstić information content (AvgIpc) is 2.49. The summed E-state index contributed by atoms with van der Waals surface area (Å²) in [4.78, 5) is 2.31. The molecule has 4 heteroatoms. The summed E-state index contributed by atoms with van der Waals surface area (Å²) in [6.07, 6.45) is 6.50. The molecule has 0 aliphatic heterocycles. The maximum atomic E-state index is 5.94. The summed E-state index contributed by atoms with van der Waals surface area (Å²) in [7, 11) is 2.15. The molecular weight excluding hydrogens is 248 g/mol. The zero-order valence-electron chi connectivity index (χ0n) is 13.3. The van der Waals surface area contributed by atoms with Crippen molar-refractivity contribution in [3.05, 3.63) is 16.8 Å². The minimum Gasteiger partial charge on any atom is -0.355 e. The average molecular weight is 276 g/mol. The summed E-state index contributed by atoms with van der Waals surface area (Å²) in [6, 6.07) is 0.583. The monoisotopic (exact) mass is 276 g/mol. The van der Waals surface area contributed by atoms with E-state index in [0.717, 1.165) is 23.0 Å². The number of hydrogen-bond donors (Lipinski definition) is 1. The second-order valence-electron chi connectivity index (χ2n) is 6.11. The third-order valence-corrected chi connectivity index (χ3v) is 5.04. The number of aryl methyl sites for hydroxylation is 1.